The quantitative estimate of drug-likeness (QED) is 0.332. The van der Waals surface area contributed by atoms with Crippen LogP contribution in [-0.4, -0.2) is 72.1 Å². The van der Waals surface area contributed by atoms with E-state index in [2.05, 4.69) is 4.90 Å². The number of amides is 1. The smallest absolute Gasteiger partial charge is 0.295 e. The molecule has 0 aromatic heterocycles. The molecule has 8 heteroatoms. The lowest BCUT2D eigenvalue weighted by Gasteiger charge is -2.29. The van der Waals surface area contributed by atoms with Crippen molar-refractivity contribution in [3.8, 4) is 5.75 Å². The van der Waals surface area contributed by atoms with Gasteiger partial charge in [-0.15, -0.1) is 0 Å². The maximum atomic E-state index is 13.2. The number of halogens is 1. The van der Waals surface area contributed by atoms with Gasteiger partial charge in [0, 0.05) is 36.8 Å². The molecule has 2 aliphatic heterocycles. The van der Waals surface area contributed by atoms with E-state index < -0.39 is 17.7 Å². The molecule has 1 N–H and O–H groups in total. The van der Waals surface area contributed by atoms with Gasteiger partial charge < -0.3 is 19.5 Å². The molecule has 2 aromatic rings. The molecule has 0 radical (unpaired) electrons. The lowest BCUT2D eigenvalue weighted by molar-refractivity contribution is -0.140. The fraction of sp³-hybridized carbons (Fsp3) is 0.407. The number of aliphatic hydroxyl groups excluding tert-OH is 1. The summed E-state index contributed by atoms with van der Waals surface area (Å²) in [5, 5.41) is 11.7. The van der Waals surface area contributed by atoms with Gasteiger partial charge in [0.2, 0.25) is 0 Å². The molecule has 35 heavy (non-hydrogen) atoms. The minimum Gasteiger partial charge on any atom is -0.507 e. The summed E-state index contributed by atoms with van der Waals surface area (Å²) in [5.74, 6) is -0.791. The number of likely N-dealkylation sites (tertiary alicyclic amines) is 1. The largest absolute Gasteiger partial charge is 0.507 e. The van der Waals surface area contributed by atoms with Crippen LogP contribution >= 0.6 is 11.6 Å². The number of carbonyl (C=O) groups is 2. The number of nitrogens with zero attached hydrogens (tertiary/aromatic N) is 2. The Balaban J connectivity index is 1.66. The highest BCUT2D eigenvalue weighted by Gasteiger charge is 2.45. The van der Waals surface area contributed by atoms with Crippen LogP contribution in [0.3, 0.4) is 0 Å². The first-order valence-electron chi connectivity index (χ1n) is 12.0. The highest BCUT2D eigenvalue weighted by molar-refractivity contribution is 6.46. The van der Waals surface area contributed by atoms with Crippen molar-refractivity contribution in [1.29, 1.82) is 0 Å². The zero-order valence-electron chi connectivity index (χ0n) is 20.1. The van der Waals surface area contributed by atoms with Crippen LogP contribution in [0.5, 0.6) is 5.75 Å². The normalized spacial score (nSPS) is 20.6. The SMILES string of the molecule is CC(C)Oc1ccc(C2/C(=C(/O)c3ccc(Cl)cc3)C(=O)C(=O)N2CCCN2CCOCC2)cc1. The van der Waals surface area contributed by atoms with E-state index in [4.69, 9.17) is 21.1 Å². The zero-order chi connectivity index (χ0) is 24.9. The number of benzene rings is 2. The minimum absolute atomic E-state index is 0.0246. The molecule has 2 heterocycles. The van der Waals surface area contributed by atoms with Crippen LogP contribution in [0.25, 0.3) is 5.76 Å². The van der Waals surface area contributed by atoms with Crippen LogP contribution in [0.4, 0.5) is 0 Å². The van der Waals surface area contributed by atoms with Crippen molar-refractivity contribution in [2.24, 2.45) is 0 Å². The number of hydrogen-bond acceptors (Lipinski definition) is 6. The molecular formula is C27H31ClN2O5. The van der Waals surface area contributed by atoms with E-state index in [1.54, 1.807) is 29.2 Å². The molecule has 2 aromatic carbocycles. The van der Waals surface area contributed by atoms with Crippen LogP contribution in [0, 0.1) is 0 Å². The summed E-state index contributed by atoms with van der Waals surface area (Å²) in [6.07, 6.45) is 0.732. The van der Waals surface area contributed by atoms with Crippen molar-refractivity contribution in [3.05, 3.63) is 70.3 Å². The van der Waals surface area contributed by atoms with Gasteiger partial charge in [0.25, 0.3) is 11.7 Å². The predicted molar refractivity (Wildman–Crippen MR) is 135 cm³/mol. The van der Waals surface area contributed by atoms with Gasteiger partial charge in [-0.25, -0.2) is 0 Å². The molecule has 0 aliphatic carbocycles. The maximum absolute atomic E-state index is 13.2. The third-order valence-corrected chi connectivity index (χ3v) is 6.45. The van der Waals surface area contributed by atoms with E-state index >= 15 is 0 Å². The minimum atomic E-state index is -0.691. The molecular weight excluding hydrogens is 468 g/mol. The van der Waals surface area contributed by atoms with Crippen molar-refractivity contribution >= 4 is 29.1 Å². The maximum Gasteiger partial charge on any atom is 0.295 e. The Bertz CT molecular complexity index is 1080. The molecule has 1 amide bonds. The number of hydrogen-bond donors (Lipinski definition) is 1. The number of rotatable bonds is 8. The molecule has 1 atom stereocenters. The van der Waals surface area contributed by atoms with Gasteiger partial charge in [-0.1, -0.05) is 23.7 Å². The fourth-order valence-corrected chi connectivity index (χ4v) is 4.64. The average molecular weight is 499 g/mol. The van der Waals surface area contributed by atoms with Gasteiger partial charge in [0.05, 0.1) is 30.9 Å². The molecule has 0 saturated carbocycles. The monoisotopic (exact) mass is 498 g/mol. The van der Waals surface area contributed by atoms with Crippen LogP contribution in [0.2, 0.25) is 5.02 Å². The third kappa shape index (κ3) is 5.86. The third-order valence-electron chi connectivity index (χ3n) is 6.20. The van der Waals surface area contributed by atoms with E-state index in [1.165, 1.54) is 0 Å². The summed E-state index contributed by atoms with van der Waals surface area (Å²) in [6, 6.07) is 13.2. The number of morpholine rings is 1. The predicted octanol–water partition coefficient (Wildman–Crippen LogP) is 4.27. The Labute approximate surface area is 210 Å². The first-order chi connectivity index (χ1) is 16.8. The van der Waals surface area contributed by atoms with Gasteiger partial charge in [-0.3, -0.25) is 14.5 Å². The molecule has 0 spiro atoms. The Morgan fingerprint density at radius 1 is 1.06 bits per heavy atom. The molecule has 1 unspecified atom stereocenters. The van der Waals surface area contributed by atoms with Gasteiger partial charge in [-0.2, -0.15) is 0 Å². The van der Waals surface area contributed by atoms with Crippen molar-refractivity contribution in [2.45, 2.75) is 32.4 Å². The number of aliphatic hydroxyl groups is 1. The Kier molecular flexibility index (Phi) is 8.11. The summed E-state index contributed by atoms with van der Waals surface area (Å²) >= 11 is 6.00. The van der Waals surface area contributed by atoms with E-state index in [0.717, 1.165) is 25.2 Å². The second kappa shape index (κ2) is 11.2. The summed E-state index contributed by atoms with van der Waals surface area (Å²) in [5.41, 5.74) is 1.26. The highest BCUT2D eigenvalue weighted by atomic mass is 35.5. The van der Waals surface area contributed by atoms with Crippen molar-refractivity contribution in [1.82, 2.24) is 9.80 Å². The lowest BCUT2D eigenvalue weighted by Crippen LogP contribution is -2.38. The summed E-state index contributed by atoms with van der Waals surface area (Å²) < 4.78 is 11.2. The van der Waals surface area contributed by atoms with Crippen LogP contribution in [0.15, 0.2) is 54.1 Å². The molecule has 2 saturated heterocycles. The van der Waals surface area contributed by atoms with Crippen LogP contribution < -0.4 is 4.74 Å². The average Bonchev–Trinajstić information content (AvgIpc) is 3.10. The molecule has 4 rings (SSSR count). The molecule has 2 fully saturated rings. The first kappa shape index (κ1) is 25.2. The van der Waals surface area contributed by atoms with Crippen LogP contribution in [-0.2, 0) is 14.3 Å². The van der Waals surface area contributed by atoms with Gasteiger partial charge in [0.1, 0.15) is 11.5 Å². The highest BCUT2D eigenvalue weighted by Crippen LogP contribution is 2.40. The second-order valence-electron chi connectivity index (χ2n) is 9.04. The van der Waals surface area contributed by atoms with Crippen molar-refractivity contribution in [3.63, 3.8) is 0 Å². The standard InChI is InChI=1S/C27H31ClN2O5/c1-18(2)35-22-10-6-19(7-11-22)24-23(25(31)20-4-8-21(28)9-5-20)26(32)27(33)30(24)13-3-12-29-14-16-34-17-15-29/h4-11,18,24,31H,3,12-17H2,1-2H3/b25-23-. The Hall–Kier alpha value is -2.87. The van der Waals surface area contributed by atoms with Crippen molar-refractivity contribution in [2.75, 3.05) is 39.4 Å². The summed E-state index contributed by atoms with van der Waals surface area (Å²) in [4.78, 5) is 30.2. The summed E-state index contributed by atoms with van der Waals surface area (Å²) in [7, 11) is 0. The number of ketones is 1. The van der Waals surface area contributed by atoms with E-state index in [1.807, 2.05) is 38.1 Å². The second-order valence-corrected chi connectivity index (χ2v) is 9.48. The molecule has 186 valence electrons. The molecule has 2 aliphatic rings. The zero-order valence-corrected chi connectivity index (χ0v) is 20.8. The number of ether oxygens (including phenoxy) is 2. The summed E-state index contributed by atoms with van der Waals surface area (Å²) in [6.45, 7) is 8.22. The Morgan fingerprint density at radius 3 is 2.34 bits per heavy atom. The molecule has 7 nitrogen and oxygen atoms in total. The number of carbonyl (C=O) groups excluding carboxylic acids is 2. The van der Waals surface area contributed by atoms with Gasteiger partial charge in [0.15, 0.2) is 0 Å². The lowest BCUT2D eigenvalue weighted by atomic mass is 9.95. The Morgan fingerprint density at radius 2 is 1.71 bits per heavy atom. The van der Waals surface area contributed by atoms with E-state index in [-0.39, 0.29) is 17.4 Å². The van der Waals surface area contributed by atoms with E-state index in [0.29, 0.717) is 42.5 Å². The molecule has 0 bridgehead atoms. The number of Topliss-reactive ketones (excluding diaryl/α,β-unsaturated/α-hetero) is 1. The fourth-order valence-electron chi connectivity index (χ4n) is 4.51. The van der Waals surface area contributed by atoms with Crippen LogP contribution in [0.1, 0.15) is 37.4 Å². The topological polar surface area (TPSA) is 79.3 Å². The van der Waals surface area contributed by atoms with E-state index in [9.17, 15) is 14.7 Å². The van der Waals surface area contributed by atoms with Gasteiger partial charge in [-0.05, 0) is 62.2 Å². The first-order valence-corrected chi connectivity index (χ1v) is 12.3. The van der Waals surface area contributed by atoms with Crippen molar-refractivity contribution < 1.29 is 24.2 Å². The van der Waals surface area contributed by atoms with Gasteiger partial charge >= 0.3 is 0 Å².